The maximum absolute atomic E-state index is 8.97. The fraction of sp³-hybridized carbons (Fsp3) is 0.571. The van der Waals surface area contributed by atoms with Gasteiger partial charge >= 0.3 is 0 Å². The van der Waals surface area contributed by atoms with Gasteiger partial charge in [0.2, 0.25) is 0 Å². The Morgan fingerprint density at radius 2 is 2.11 bits per heavy atom. The third-order valence-electron chi connectivity index (χ3n) is 2.97. The molecule has 1 aromatic rings. The molecule has 0 unspecified atom stereocenters. The summed E-state index contributed by atoms with van der Waals surface area (Å²) in [5, 5.41) is 12.4. The molecule has 0 spiro atoms. The monoisotopic (exact) mass is 315 g/mol. The Morgan fingerprint density at radius 1 is 1.39 bits per heavy atom. The van der Waals surface area contributed by atoms with Crippen molar-refractivity contribution in [2.24, 2.45) is 5.41 Å². The summed E-state index contributed by atoms with van der Waals surface area (Å²) in [4.78, 5) is 0. The number of benzene rings is 1. The molecule has 0 aliphatic rings. The van der Waals surface area contributed by atoms with Crippen LogP contribution in [0.2, 0.25) is 0 Å². The first-order valence-corrected chi connectivity index (χ1v) is 6.92. The minimum atomic E-state index is 0.119. The summed E-state index contributed by atoms with van der Waals surface area (Å²) in [6.45, 7) is 6.23. The minimum absolute atomic E-state index is 0.119. The Labute approximate surface area is 118 Å². The SMILES string of the molecule is COc1ccc(CNCC(C)(C)CCO)c(Br)c1. The molecule has 0 atom stereocenters. The van der Waals surface area contributed by atoms with E-state index in [0.29, 0.717) is 0 Å². The van der Waals surface area contributed by atoms with Gasteiger partial charge in [-0.3, -0.25) is 0 Å². The molecular formula is C14H22BrNO2. The third-order valence-corrected chi connectivity index (χ3v) is 3.71. The minimum Gasteiger partial charge on any atom is -0.497 e. The van der Waals surface area contributed by atoms with Crippen molar-refractivity contribution in [3.63, 3.8) is 0 Å². The summed E-state index contributed by atoms with van der Waals surface area (Å²) in [5.74, 6) is 0.853. The Bertz CT molecular complexity index is 380. The fourth-order valence-corrected chi connectivity index (χ4v) is 2.22. The van der Waals surface area contributed by atoms with Crippen LogP contribution in [-0.4, -0.2) is 25.4 Å². The number of rotatable bonds is 7. The van der Waals surface area contributed by atoms with Gasteiger partial charge in [-0.25, -0.2) is 0 Å². The summed E-state index contributed by atoms with van der Waals surface area (Å²) in [7, 11) is 1.66. The lowest BCUT2D eigenvalue weighted by molar-refractivity contribution is 0.207. The number of methoxy groups -OCH3 is 1. The predicted octanol–water partition coefficient (Wildman–Crippen LogP) is 2.96. The summed E-state index contributed by atoms with van der Waals surface area (Å²) in [6.07, 6.45) is 0.809. The van der Waals surface area contributed by atoms with Gasteiger partial charge in [0.05, 0.1) is 7.11 Å². The predicted molar refractivity (Wildman–Crippen MR) is 77.9 cm³/mol. The van der Waals surface area contributed by atoms with Crippen LogP contribution in [0.5, 0.6) is 5.75 Å². The molecule has 0 fully saturated rings. The number of aliphatic hydroxyl groups excluding tert-OH is 1. The lowest BCUT2D eigenvalue weighted by atomic mass is 9.90. The first-order valence-electron chi connectivity index (χ1n) is 6.12. The molecule has 0 bridgehead atoms. The summed E-state index contributed by atoms with van der Waals surface area (Å²) < 4.78 is 6.21. The van der Waals surface area contributed by atoms with Crippen LogP contribution in [0.15, 0.2) is 22.7 Å². The molecule has 0 aromatic heterocycles. The smallest absolute Gasteiger partial charge is 0.120 e. The van der Waals surface area contributed by atoms with Crippen LogP contribution in [0.3, 0.4) is 0 Å². The van der Waals surface area contributed by atoms with Crippen LogP contribution < -0.4 is 10.1 Å². The Kier molecular flexibility index (Phi) is 6.12. The van der Waals surface area contributed by atoms with Crippen LogP contribution in [-0.2, 0) is 6.54 Å². The number of hydrogen-bond donors (Lipinski definition) is 2. The second kappa shape index (κ2) is 7.12. The van der Waals surface area contributed by atoms with Gasteiger partial charge in [-0.2, -0.15) is 0 Å². The summed E-state index contributed by atoms with van der Waals surface area (Å²) in [6, 6.07) is 5.98. The molecule has 0 aliphatic heterocycles. The average molecular weight is 316 g/mol. The maximum atomic E-state index is 8.97. The maximum Gasteiger partial charge on any atom is 0.120 e. The molecule has 1 rings (SSSR count). The van der Waals surface area contributed by atoms with E-state index in [1.54, 1.807) is 7.11 Å². The van der Waals surface area contributed by atoms with E-state index in [1.165, 1.54) is 5.56 Å². The number of nitrogens with one attached hydrogen (secondary N) is 1. The first kappa shape index (κ1) is 15.5. The van der Waals surface area contributed by atoms with Gasteiger partial charge in [-0.15, -0.1) is 0 Å². The topological polar surface area (TPSA) is 41.5 Å². The van der Waals surface area contributed by atoms with E-state index in [2.05, 4.69) is 41.2 Å². The van der Waals surface area contributed by atoms with Crippen LogP contribution in [0.4, 0.5) is 0 Å². The van der Waals surface area contributed by atoms with Crippen LogP contribution >= 0.6 is 15.9 Å². The van der Waals surface area contributed by atoms with E-state index < -0.39 is 0 Å². The molecule has 0 amide bonds. The molecule has 0 radical (unpaired) electrons. The lowest BCUT2D eigenvalue weighted by Crippen LogP contribution is -2.30. The van der Waals surface area contributed by atoms with Gasteiger partial charge in [-0.1, -0.05) is 35.8 Å². The van der Waals surface area contributed by atoms with Gasteiger partial charge in [0.15, 0.2) is 0 Å². The molecule has 0 saturated heterocycles. The van der Waals surface area contributed by atoms with Gasteiger partial charge in [0, 0.05) is 24.2 Å². The molecule has 2 N–H and O–H groups in total. The zero-order valence-corrected chi connectivity index (χ0v) is 12.9. The van der Waals surface area contributed by atoms with Crippen molar-refractivity contribution in [1.82, 2.24) is 5.32 Å². The molecule has 1 aromatic carbocycles. The van der Waals surface area contributed by atoms with Gasteiger partial charge in [0.25, 0.3) is 0 Å². The lowest BCUT2D eigenvalue weighted by Gasteiger charge is -2.24. The van der Waals surface area contributed by atoms with Crippen molar-refractivity contribution in [1.29, 1.82) is 0 Å². The number of hydrogen-bond acceptors (Lipinski definition) is 3. The highest BCUT2D eigenvalue weighted by Gasteiger charge is 2.16. The second-order valence-corrected chi connectivity index (χ2v) is 6.05. The van der Waals surface area contributed by atoms with Gasteiger partial charge in [0.1, 0.15) is 5.75 Å². The normalized spacial score (nSPS) is 11.6. The highest BCUT2D eigenvalue weighted by atomic mass is 79.9. The molecule has 18 heavy (non-hydrogen) atoms. The van der Waals surface area contributed by atoms with Crippen molar-refractivity contribution < 1.29 is 9.84 Å². The average Bonchev–Trinajstić information content (AvgIpc) is 2.31. The van der Waals surface area contributed by atoms with E-state index in [4.69, 9.17) is 9.84 Å². The largest absolute Gasteiger partial charge is 0.497 e. The molecule has 4 heteroatoms. The quantitative estimate of drug-likeness (QED) is 0.813. The molecular weight excluding hydrogens is 294 g/mol. The van der Waals surface area contributed by atoms with Gasteiger partial charge in [-0.05, 0) is 29.5 Å². The van der Waals surface area contributed by atoms with Crippen molar-refractivity contribution >= 4 is 15.9 Å². The van der Waals surface area contributed by atoms with E-state index in [9.17, 15) is 0 Å². The highest BCUT2D eigenvalue weighted by Crippen LogP contribution is 2.23. The van der Waals surface area contributed by atoms with Crippen LogP contribution in [0.1, 0.15) is 25.8 Å². The van der Waals surface area contributed by atoms with Crippen molar-refractivity contribution in [2.45, 2.75) is 26.8 Å². The highest BCUT2D eigenvalue weighted by molar-refractivity contribution is 9.10. The molecule has 0 heterocycles. The van der Waals surface area contributed by atoms with Crippen LogP contribution in [0.25, 0.3) is 0 Å². The summed E-state index contributed by atoms with van der Waals surface area (Å²) >= 11 is 3.54. The Hall–Kier alpha value is -0.580. The van der Waals surface area contributed by atoms with E-state index in [0.717, 1.165) is 29.7 Å². The zero-order valence-electron chi connectivity index (χ0n) is 11.3. The number of halogens is 1. The van der Waals surface area contributed by atoms with E-state index >= 15 is 0 Å². The van der Waals surface area contributed by atoms with Crippen LogP contribution in [0, 0.1) is 5.41 Å². The summed E-state index contributed by atoms with van der Waals surface area (Å²) in [5.41, 5.74) is 1.32. The van der Waals surface area contributed by atoms with Gasteiger partial charge < -0.3 is 15.2 Å². The molecule has 102 valence electrons. The van der Waals surface area contributed by atoms with Crippen molar-refractivity contribution in [3.8, 4) is 5.75 Å². The fourth-order valence-electron chi connectivity index (χ4n) is 1.72. The van der Waals surface area contributed by atoms with E-state index in [-0.39, 0.29) is 12.0 Å². The Balaban J connectivity index is 2.49. The molecule has 3 nitrogen and oxygen atoms in total. The van der Waals surface area contributed by atoms with E-state index in [1.807, 2.05) is 12.1 Å². The standard InChI is InChI=1S/C14H22BrNO2/c1-14(2,6-7-17)10-16-9-11-4-5-12(18-3)8-13(11)15/h4-5,8,16-17H,6-7,9-10H2,1-3H3. The number of aliphatic hydroxyl groups is 1. The zero-order chi connectivity index (χ0) is 13.6. The number of ether oxygens (including phenoxy) is 1. The second-order valence-electron chi connectivity index (χ2n) is 5.20. The van der Waals surface area contributed by atoms with Crippen molar-refractivity contribution in [2.75, 3.05) is 20.3 Å². The third kappa shape index (κ3) is 4.96. The first-order chi connectivity index (χ1) is 8.48. The molecule has 0 saturated carbocycles. The molecule has 0 aliphatic carbocycles. The Morgan fingerprint density at radius 3 is 2.67 bits per heavy atom. The van der Waals surface area contributed by atoms with Crippen molar-refractivity contribution in [3.05, 3.63) is 28.2 Å².